The van der Waals surface area contributed by atoms with Crippen LogP contribution in [0.25, 0.3) is 5.82 Å². The molecule has 2 heterocycles. The standard InChI is InChI=1S/C10H11N5O3/c1-2-18-8-4-12-3-7(13-8)15-5-6(11)9(14-15)10(16)17/h3-5H,2,11H2,1H3,(H,16,17). The molecule has 3 N–H and O–H groups in total. The summed E-state index contributed by atoms with van der Waals surface area (Å²) in [4.78, 5) is 18.9. The largest absolute Gasteiger partial charge is 0.477 e. The van der Waals surface area contributed by atoms with E-state index in [2.05, 4.69) is 15.1 Å². The van der Waals surface area contributed by atoms with Crippen molar-refractivity contribution in [2.75, 3.05) is 12.3 Å². The molecule has 0 atom stereocenters. The number of anilines is 1. The fraction of sp³-hybridized carbons (Fsp3) is 0.200. The minimum Gasteiger partial charge on any atom is -0.477 e. The second kappa shape index (κ2) is 4.70. The zero-order valence-corrected chi connectivity index (χ0v) is 9.57. The summed E-state index contributed by atoms with van der Waals surface area (Å²) < 4.78 is 6.43. The predicted octanol–water partition coefficient (Wildman–Crippen LogP) is 0.341. The molecular formula is C10H11N5O3. The molecule has 0 unspecified atom stereocenters. The molecule has 2 aromatic rings. The van der Waals surface area contributed by atoms with Crippen molar-refractivity contribution in [3.8, 4) is 11.7 Å². The number of rotatable bonds is 4. The average molecular weight is 249 g/mol. The maximum atomic E-state index is 10.8. The van der Waals surface area contributed by atoms with E-state index >= 15 is 0 Å². The summed E-state index contributed by atoms with van der Waals surface area (Å²) >= 11 is 0. The Morgan fingerprint density at radius 3 is 2.94 bits per heavy atom. The minimum absolute atomic E-state index is 0.0612. The summed E-state index contributed by atoms with van der Waals surface area (Å²) in [7, 11) is 0. The fourth-order valence-corrected chi connectivity index (χ4v) is 1.34. The summed E-state index contributed by atoms with van der Waals surface area (Å²) in [5, 5.41) is 12.7. The van der Waals surface area contributed by atoms with E-state index in [-0.39, 0.29) is 11.4 Å². The fourth-order valence-electron chi connectivity index (χ4n) is 1.34. The van der Waals surface area contributed by atoms with Gasteiger partial charge in [0.15, 0.2) is 11.5 Å². The summed E-state index contributed by atoms with van der Waals surface area (Å²) in [5.74, 6) is -0.527. The number of nitrogens with two attached hydrogens (primary N) is 1. The van der Waals surface area contributed by atoms with Crippen LogP contribution in [-0.2, 0) is 0 Å². The normalized spacial score (nSPS) is 10.3. The van der Waals surface area contributed by atoms with Gasteiger partial charge in [-0.05, 0) is 6.92 Å². The van der Waals surface area contributed by atoms with Gasteiger partial charge in [0.2, 0.25) is 5.88 Å². The van der Waals surface area contributed by atoms with Gasteiger partial charge in [-0.3, -0.25) is 4.98 Å². The molecule has 0 spiro atoms. The monoisotopic (exact) mass is 249 g/mol. The van der Waals surface area contributed by atoms with Gasteiger partial charge in [0, 0.05) is 0 Å². The van der Waals surface area contributed by atoms with Crippen LogP contribution in [-0.4, -0.2) is 37.4 Å². The van der Waals surface area contributed by atoms with E-state index in [0.29, 0.717) is 18.3 Å². The van der Waals surface area contributed by atoms with Crippen LogP contribution >= 0.6 is 0 Å². The lowest BCUT2D eigenvalue weighted by molar-refractivity contribution is 0.0691. The Morgan fingerprint density at radius 2 is 2.33 bits per heavy atom. The van der Waals surface area contributed by atoms with Crippen molar-refractivity contribution < 1.29 is 14.6 Å². The highest BCUT2D eigenvalue weighted by Gasteiger charge is 2.14. The summed E-state index contributed by atoms with van der Waals surface area (Å²) in [5.41, 5.74) is 5.37. The predicted molar refractivity (Wildman–Crippen MR) is 61.7 cm³/mol. The molecule has 18 heavy (non-hydrogen) atoms. The number of ether oxygens (including phenoxy) is 1. The van der Waals surface area contributed by atoms with Crippen LogP contribution in [0.3, 0.4) is 0 Å². The second-order valence-corrected chi connectivity index (χ2v) is 3.33. The third-order valence-corrected chi connectivity index (χ3v) is 2.07. The van der Waals surface area contributed by atoms with Crippen molar-refractivity contribution in [1.82, 2.24) is 19.7 Å². The first-order valence-corrected chi connectivity index (χ1v) is 5.15. The van der Waals surface area contributed by atoms with Gasteiger partial charge < -0.3 is 15.6 Å². The maximum absolute atomic E-state index is 10.8. The molecular weight excluding hydrogens is 238 g/mol. The van der Waals surface area contributed by atoms with Crippen LogP contribution < -0.4 is 10.5 Å². The lowest BCUT2D eigenvalue weighted by atomic mass is 10.4. The van der Waals surface area contributed by atoms with E-state index in [9.17, 15) is 4.79 Å². The van der Waals surface area contributed by atoms with Gasteiger partial charge in [0.05, 0.1) is 30.9 Å². The van der Waals surface area contributed by atoms with Crippen molar-refractivity contribution in [2.45, 2.75) is 6.92 Å². The first-order valence-electron chi connectivity index (χ1n) is 5.15. The molecule has 8 nitrogen and oxygen atoms in total. The maximum Gasteiger partial charge on any atom is 0.358 e. The molecule has 0 aliphatic carbocycles. The third kappa shape index (κ3) is 2.21. The van der Waals surface area contributed by atoms with E-state index < -0.39 is 5.97 Å². The highest BCUT2D eigenvalue weighted by atomic mass is 16.5. The second-order valence-electron chi connectivity index (χ2n) is 3.33. The molecule has 0 saturated heterocycles. The summed E-state index contributed by atoms with van der Waals surface area (Å²) in [6.45, 7) is 2.28. The van der Waals surface area contributed by atoms with Crippen molar-refractivity contribution in [2.24, 2.45) is 0 Å². The van der Waals surface area contributed by atoms with Gasteiger partial charge in [-0.1, -0.05) is 0 Å². The van der Waals surface area contributed by atoms with Crippen LogP contribution in [0.4, 0.5) is 5.69 Å². The molecule has 0 aliphatic heterocycles. The summed E-state index contributed by atoms with van der Waals surface area (Å²) in [6, 6.07) is 0. The number of hydrogen-bond donors (Lipinski definition) is 2. The van der Waals surface area contributed by atoms with Gasteiger partial charge in [0.25, 0.3) is 0 Å². The average Bonchev–Trinajstić information content (AvgIpc) is 2.72. The van der Waals surface area contributed by atoms with E-state index in [4.69, 9.17) is 15.6 Å². The van der Waals surface area contributed by atoms with Crippen molar-refractivity contribution >= 4 is 11.7 Å². The van der Waals surface area contributed by atoms with E-state index in [1.807, 2.05) is 6.92 Å². The lowest BCUT2D eigenvalue weighted by Gasteiger charge is -2.03. The number of carbonyl (C=O) groups is 1. The highest BCUT2D eigenvalue weighted by Crippen LogP contribution is 2.14. The molecule has 2 aromatic heterocycles. The SMILES string of the molecule is CCOc1cncc(-n2cc(N)c(C(=O)O)n2)n1. The Balaban J connectivity index is 2.39. The molecule has 0 fully saturated rings. The Bertz CT molecular complexity index is 581. The number of carboxylic acids is 1. The van der Waals surface area contributed by atoms with Crippen molar-refractivity contribution in [1.29, 1.82) is 0 Å². The van der Waals surface area contributed by atoms with Crippen molar-refractivity contribution in [3.05, 3.63) is 24.3 Å². The van der Waals surface area contributed by atoms with Gasteiger partial charge in [-0.25, -0.2) is 9.48 Å². The number of hydrogen-bond acceptors (Lipinski definition) is 6. The first kappa shape index (κ1) is 11.8. The zero-order valence-electron chi connectivity index (χ0n) is 9.57. The number of nitrogens with zero attached hydrogens (tertiary/aromatic N) is 4. The molecule has 0 bridgehead atoms. The highest BCUT2D eigenvalue weighted by molar-refractivity contribution is 5.91. The van der Waals surface area contributed by atoms with Crippen molar-refractivity contribution in [3.63, 3.8) is 0 Å². The van der Waals surface area contributed by atoms with Crippen LogP contribution in [0.2, 0.25) is 0 Å². The number of nitrogen functional groups attached to an aromatic ring is 1. The van der Waals surface area contributed by atoms with E-state index in [1.54, 1.807) is 0 Å². The van der Waals surface area contributed by atoms with Gasteiger partial charge in [0.1, 0.15) is 0 Å². The number of carboxylic acid groups (broad SMARTS) is 1. The summed E-state index contributed by atoms with van der Waals surface area (Å²) in [6.07, 6.45) is 4.25. The van der Waals surface area contributed by atoms with Gasteiger partial charge in [-0.15, -0.1) is 0 Å². The van der Waals surface area contributed by atoms with Gasteiger partial charge >= 0.3 is 5.97 Å². The Morgan fingerprint density at radius 1 is 1.56 bits per heavy atom. The molecule has 0 aromatic carbocycles. The first-order chi connectivity index (χ1) is 8.61. The molecule has 0 saturated carbocycles. The Kier molecular flexibility index (Phi) is 3.09. The van der Waals surface area contributed by atoms with Crippen LogP contribution in [0.1, 0.15) is 17.4 Å². The molecule has 94 valence electrons. The lowest BCUT2D eigenvalue weighted by Crippen LogP contribution is -2.05. The van der Waals surface area contributed by atoms with Gasteiger partial charge in [-0.2, -0.15) is 10.1 Å². The molecule has 2 rings (SSSR count). The molecule has 8 heteroatoms. The van der Waals surface area contributed by atoms with Crippen LogP contribution in [0.15, 0.2) is 18.6 Å². The third-order valence-electron chi connectivity index (χ3n) is 2.07. The zero-order chi connectivity index (χ0) is 13.1. The topological polar surface area (TPSA) is 116 Å². The quantitative estimate of drug-likeness (QED) is 0.802. The smallest absolute Gasteiger partial charge is 0.358 e. The molecule has 0 amide bonds. The number of aromatic nitrogens is 4. The molecule has 0 aliphatic rings. The Labute approximate surface area is 102 Å². The van der Waals surface area contributed by atoms with E-state index in [0.717, 1.165) is 0 Å². The minimum atomic E-state index is -1.19. The van der Waals surface area contributed by atoms with Crippen LogP contribution in [0, 0.1) is 0 Å². The van der Waals surface area contributed by atoms with E-state index in [1.165, 1.54) is 23.3 Å². The molecule has 0 radical (unpaired) electrons. The Hall–Kier alpha value is -2.64. The number of aromatic carboxylic acids is 1. The van der Waals surface area contributed by atoms with Crippen LogP contribution in [0.5, 0.6) is 5.88 Å².